The molecule has 134 valence electrons. The molecule has 8 nitrogen and oxygen atoms in total. The third-order valence-corrected chi connectivity index (χ3v) is 3.83. The van der Waals surface area contributed by atoms with Gasteiger partial charge in [-0.05, 0) is 38.8 Å². The Morgan fingerprint density at radius 2 is 1.72 bits per heavy atom. The predicted molar refractivity (Wildman–Crippen MR) is 94.3 cm³/mol. The van der Waals surface area contributed by atoms with Crippen LogP contribution in [0, 0.1) is 20.8 Å². The molecule has 1 aromatic heterocycles. The van der Waals surface area contributed by atoms with E-state index in [9.17, 15) is 14.4 Å². The summed E-state index contributed by atoms with van der Waals surface area (Å²) >= 11 is 0. The van der Waals surface area contributed by atoms with Gasteiger partial charge in [-0.25, -0.2) is 9.89 Å². The summed E-state index contributed by atoms with van der Waals surface area (Å²) in [6.07, 6.45) is 0.122. The van der Waals surface area contributed by atoms with Gasteiger partial charge in [0.15, 0.2) is 5.82 Å². The van der Waals surface area contributed by atoms with Gasteiger partial charge in [0.25, 0.3) is 0 Å². The van der Waals surface area contributed by atoms with Gasteiger partial charge in [0.2, 0.25) is 11.8 Å². The zero-order valence-electron chi connectivity index (χ0n) is 14.8. The van der Waals surface area contributed by atoms with Crippen LogP contribution in [0.25, 0.3) is 0 Å². The Balaban J connectivity index is 1.85. The van der Waals surface area contributed by atoms with Gasteiger partial charge in [-0.15, -0.1) is 0 Å². The van der Waals surface area contributed by atoms with Crippen LogP contribution in [-0.4, -0.2) is 27.0 Å². The Labute approximate surface area is 145 Å². The first-order valence-electron chi connectivity index (χ1n) is 8.08. The monoisotopic (exact) mass is 345 g/mol. The van der Waals surface area contributed by atoms with Gasteiger partial charge in [-0.2, -0.15) is 5.10 Å². The fraction of sp³-hybridized carbons (Fsp3) is 0.412. The number of aryl methyl sites for hydroxylation is 3. The summed E-state index contributed by atoms with van der Waals surface area (Å²) in [5.74, 6) is -0.163. The molecule has 2 amide bonds. The van der Waals surface area contributed by atoms with Crippen LogP contribution in [0.15, 0.2) is 16.9 Å². The van der Waals surface area contributed by atoms with Gasteiger partial charge < -0.3 is 10.6 Å². The number of carbonyl (C=O) groups excluding carboxylic acids is 2. The van der Waals surface area contributed by atoms with Gasteiger partial charge in [-0.3, -0.25) is 14.6 Å². The highest BCUT2D eigenvalue weighted by Crippen LogP contribution is 2.22. The van der Waals surface area contributed by atoms with E-state index in [2.05, 4.69) is 25.8 Å². The molecular formula is C17H23N5O3. The highest BCUT2D eigenvalue weighted by atomic mass is 16.2. The zero-order chi connectivity index (χ0) is 18.6. The van der Waals surface area contributed by atoms with Crippen molar-refractivity contribution in [1.82, 2.24) is 20.5 Å². The summed E-state index contributed by atoms with van der Waals surface area (Å²) in [6.45, 7) is 7.58. The van der Waals surface area contributed by atoms with Gasteiger partial charge in [0, 0.05) is 18.5 Å². The number of hydrogen-bond acceptors (Lipinski definition) is 4. The van der Waals surface area contributed by atoms with Crippen molar-refractivity contribution in [2.24, 2.45) is 0 Å². The summed E-state index contributed by atoms with van der Waals surface area (Å²) in [5.41, 5.74) is 3.48. The molecule has 1 unspecified atom stereocenters. The van der Waals surface area contributed by atoms with E-state index >= 15 is 0 Å². The molecule has 0 fully saturated rings. The number of carbonyl (C=O) groups is 2. The maximum absolute atomic E-state index is 12.1. The number of nitrogens with zero attached hydrogens (tertiary/aromatic N) is 1. The summed E-state index contributed by atoms with van der Waals surface area (Å²) in [4.78, 5) is 37.5. The lowest BCUT2D eigenvalue weighted by Crippen LogP contribution is -2.28. The van der Waals surface area contributed by atoms with E-state index in [0.29, 0.717) is 5.82 Å². The number of hydrogen-bond donors (Lipinski definition) is 4. The second-order valence-corrected chi connectivity index (χ2v) is 6.17. The summed E-state index contributed by atoms with van der Waals surface area (Å²) in [5, 5.41) is 11.6. The van der Waals surface area contributed by atoms with Crippen LogP contribution in [0.3, 0.4) is 0 Å². The van der Waals surface area contributed by atoms with Crippen molar-refractivity contribution in [3.05, 3.63) is 45.1 Å². The number of nitrogens with one attached hydrogen (secondary N) is 4. The fourth-order valence-corrected chi connectivity index (χ4v) is 2.68. The number of anilines is 1. The molecule has 0 bridgehead atoms. The minimum Gasteiger partial charge on any atom is -0.346 e. The van der Waals surface area contributed by atoms with Crippen LogP contribution < -0.4 is 16.3 Å². The van der Waals surface area contributed by atoms with Crippen LogP contribution in [-0.2, 0) is 9.59 Å². The van der Waals surface area contributed by atoms with Crippen LogP contribution in [0.2, 0.25) is 0 Å². The van der Waals surface area contributed by atoms with Crippen LogP contribution in [0.1, 0.15) is 48.3 Å². The number of amides is 2. The molecule has 8 heteroatoms. The zero-order valence-corrected chi connectivity index (χ0v) is 14.8. The predicted octanol–water partition coefficient (Wildman–Crippen LogP) is 1.62. The average molecular weight is 345 g/mol. The lowest BCUT2D eigenvalue weighted by Gasteiger charge is -2.13. The maximum Gasteiger partial charge on any atom is 0.340 e. The van der Waals surface area contributed by atoms with Crippen LogP contribution >= 0.6 is 0 Å². The molecule has 2 rings (SSSR count). The molecule has 0 aliphatic carbocycles. The first kappa shape index (κ1) is 18.4. The number of aromatic nitrogens is 3. The normalized spacial score (nSPS) is 11.8. The summed E-state index contributed by atoms with van der Waals surface area (Å²) in [6, 6.07) is 3.56. The first-order chi connectivity index (χ1) is 11.8. The van der Waals surface area contributed by atoms with Gasteiger partial charge in [-0.1, -0.05) is 17.7 Å². The second kappa shape index (κ2) is 7.78. The fourth-order valence-electron chi connectivity index (χ4n) is 2.68. The Hall–Kier alpha value is -2.90. The van der Waals surface area contributed by atoms with Crippen molar-refractivity contribution < 1.29 is 9.59 Å². The minimum absolute atomic E-state index is 0.0504. The molecule has 1 atom stereocenters. The molecule has 0 saturated carbocycles. The SMILES string of the molecule is Cc1cc(C)c(NC(=O)CCC(=O)NC(C)c2n[nH]c(=O)[nH]2)c(C)c1. The third kappa shape index (κ3) is 5.03. The van der Waals surface area contributed by atoms with E-state index in [1.54, 1.807) is 6.92 Å². The molecule has 0 aliphatic rings. The molecular weight excluding hydrogens is 322 g/mol. The Kier molecular flexibility index (Phi) is 5.74. The van der Waals surface area contributed by atoms with Gasteiger partial charge in [0.1, 0.15) is 0 Å². The highest BCUT2D eigenvalue weighted by molar-refractivity contribution is 5.94. The summed E-state index contributed by atoms with van der Waals surface area (Å²) < 4.78 is 0. The quantitative estimate of drug-likeness (QED) is 0.636. The van der Waals surface area contributed by atoms with E-state index in [0.717, 1.165) is 22.4 Å². The lowest BCUT2D eigenvalue weighted by atomic mass is 10.0. The lowest BCUT2D eigenvalue weighted by molar-refractivity contribution is -0.124. The van der Waals surface area contributed by atoms with Crippen molar-refractivity contribution >= 4 is 17.5 Å². The van der Waals surface area contributed by atoms with E-state index in [4.69, 9.17) is 0 Å². The van der Waals surface area contributed by atoms with Gasteiger partial charge >= 0.3 is 5.69 Å². The number of rotatable bonds is 6. The molecule has 0 saturated heterocycles. The van der Waals surface area contributed by atoms with Gasteiger partial charge in [0.05, 0.1) is 6.04 Å². The largest absolute Gasteiger partial charge is 0.346 e. The van der Waals surface area contributed by atoms with Crippen molar-refractivity contribution in [2.45, 2.75) is 46.6 Å². The topological polar surface area (TPSA) is 120 Å². The Morgan fingerprint density at radius 3 is 2.28 bits per heavy atom. The van der Waals surface area contributed by atoms with Crippen LogP contribution in [0.4, 0.5) is 5.69 Å². The van der Waals surface area contributed by atoms with Crippen molar-refractivity contribution in [1.29, 1.82) is 0 Å². The Morgan fingerprint density at radius 1 is 1.12 bits per heavy atom. The number of H-pyrrole nitrogens is 2. The summed E-state index contributed by atoms with van der Waals surface area (Å²) in [7, 11) is 0. The van der Waals surface area contributed by atoms with E-state index in [1.807, 2.05) is 32.9 Å². The molecule has 2 aromatic rings. The number of aromatic amines is 2. The van der Waals surface area contributed by atoms with Crippen molar-refractivity contribution in [3.8, 4) is 0 Å². The molecule has 25 heavy (non-hydrogen) atoms. The highest BCUT2D eigenvalue weighted by Gasteiger charge is 2.15. The standard InChI is InChI=1S/C17H23N5O3/c1-9-7-10(2)15(11(3)8-9)19-14(24)6-5-13(23)18-12(4)16-20-17(25)22-21-16/h7-8,12H,5-6H2,1-4H3,(H,18,23)(H,19,24)(H2,20,21,22,25). The molecule has 0 spiro atoms. The maximum atomic E-state index is 12.1. The van der Waals surface area contributed by atoms with Crippen LogP contribution in [0.5, 0.6) is 0 Å². The Bertz CT molecular complexity index is 814. The third-order valence-electron chi connectivity index (χ3n) is 3.83. The average Bonchev–Trinajstić information content (AvgIpc) is 2.95. The van der Waals surface area contributed by atoms with E-state index < -0.39 is 11.7 Å². The smallest absolute Gasteiger partial charge is 0.340 e. The molecule has 0 radical (unpaired) electrons. The van der Waals surface area contributed by atoms with E-state index in [1.165, 1.54) is 0 Å². The number of benzene rings is 1. The minimum atomic E-state index is -0.448. The van der Waals surface area contributed by atoms with Crippen molar-refractivity contribution in [2.75, 3.05) is 5.32 Å². The molecule has 4 N–H and O–H groups in total. The molecule has 1 aromatic carbocycles. The van der Waals surface area contributed by atoms with E-state index in [-0.39, 0.29) is 24.7 Å². The molecule has 1 heterocycles. The first-order valence-corrected chi connectivity index (χ1v) is 8.08. The second-order valence-electron chi connectivity index (χ2n) is 6.17. The van der Waals surface area contributed by atoms with Crippen molar-refractivity contribution in [3.63, 3.8) is 0 Å². The molecule has 0 aliphatic heterocycles.